The number of aliphatic hydroxyl groups is 2. The van der Waals surface area contributed by atoms with Crippen LogP contribution < -0.4 is 11.1 Å². The first-order chi connectivity index (χ1) is 15.5. The van der Waals surface area contributed by atoms with Crippen molar-refractivity contribution in [3.63, 3.8) is 0 Å². The predicted molar refractivity (Wildman–Crippen MR) is 111 cm³/mol. The lowest BCUT2D eigenvalue weighted by Gasteiger charge is -2.22. The van der Waals surface area contributed by atoms with Gasteiger partial charge in [-0.3, -0.25) is 0 Å². The highest BCUT2D eigenvalue weighted by atomic mass is 16.5. The van der Waals surface area contributed by atoms with Gasteiger partial charge in [-0.05, 0) is 43.2 Å². The summed E-state index contributed by atoms with van der Waals surface area (Å²) in [5.41, 5.74) is 7.01. The van der Waals surface area contributed by atoms with Crippen LogP contribution in [-0.4, -0.2) is 68.6 Å². The number of aliphatic hydroxyl groups excluding tert-OH is 2. The van der Waals surface area contributed by atoms with Crippen LogP contribution in [0.2, 0.25) is 0 Å². The van der Waals surface area contributed by atoms with Crippen molar-refractivity contribution in [3.05, 3.63) is 11.6 Å². The Bertz CT molecular complexity index is 1150. The second kappa shape index (κ2) is 7.32. The van der Waals surface area contributed by atoms with Gasteiger partial charge in [0.15, 0.2) is 17.6 Å². The van der Waals surface area contributed by atoms with Crippen LogP contribution in [0.5, 0.6) is 0 Å². The molecule has 6 N–H and O–H groups in total. The first-order valence-electron chi connectivity index (χ1n) is 11.1. The molecule has 0 amide bonds. The second-order valence-electron chi connectivity index (χ2n) is 8.97. The van der Waals surface area contributed by atoms with Crippen molar-refractivity contribution < 1.29 is 14.9 Å². The second-order valence-corrected chi connectivity index (χ2v) is 8.97. The monoisotopic (exact) mass is 442 g/mol. The van der Waals surface area contributed by atoms with Crippen molar-refractivity contribution in [2.24, 2.45) is 11.8 Å². The minimum absolute atomic E-state index is 0.202. The first kappa shape index (κ1) is 19.8. The quantitative estimate of drug-likeness (QED) is 0.360. The molecule has 13 nitrogen and oxygen atoms in total. The molecule has 1 saturated heterocycles. The molecular weight excluding hydrogens is 416 g/mol. The third-order valence-electron chi connectivity index (χ3n) is 6.99. The average Bonchev–Trinajstić information content (AvgIpc) is 3.58. The highest BCUT2D eigenvalue weighted by Crippen LogP contribution is 2.45. The number of aromatic amines is 1. The van der Waals surface area contributed by atoms with Crippen molar-refractivity contribution in [1.29, 1.82) is 0 Å². The molecule has 0 spiro atoms. The number of tetrazole rings is 1. The maximum atomic E-state index is 10.6. The fourth-order valence-electron chi connectivity index (χ4n) is 5.34. The molecular formula is C19H26N10O3. The van der Waals surface area contributed by atoms with Crippen molar-refractivity contribution >= 4 is 22.9 Å². The highest BCUT2D eigenvalue weighted by Gasteiger charge is 2.47. The molecule has 2 saturated carbocycles. The predicted octanol–water partition coefficient (Wildman–Crippen LogP) is 0.0764. The molecule has 3 aliphatic rings. The van der Waals surface area contributed by atoms with Crippen LogP contribution in [0.1, 0.15) is 56.5 Å². The Kier molecular flexibility index (Phi) is 4.52. The lowest BCUT2D eigenvalue weighted by Crippen LogP contribution is -2.27. The first-order valence-corrected chi connectivity index (χ1v) is 11.1. The molecule has 3 aromatic heterocycles. The van der Waals surface area contributed by atoms with Crippen LogP contribution in [-0.2, 0) is 11.3 Å². The van der Waals surface area contributed by atoms with E-state index in [0.29, 0.717) is 41.4 Å². The fourth-order valence-corrected chi connectivity index (χ4v) is 5.34. The van der Waals surface area contributed by atoms with Crippen molar-refractivity contribution in [1.82, 2.24) is 40.1 Å². The van der Waals surface area contributed by atoms with Gasteiger partial charge in [0.2, 0.25) is 11.8 Å². The molecule has 3 aromatic rings. The molecule has 2 aliphatic carbocycles. The normalized spacial score (nSPS) is 34.0. The van der Waals surface area contributed by atoms with E-state index in [2.05, 4.69) is 40.7 Å². The molecule has 4 heterocycles. The molecule has 0 radical (unpaired) electrons. The highest BCUT2D eigenvalue weighted by molar-refractivity contribution is 5.82. The molecule has 3 fully saturated rings. The molecule has 6 rings (SSSR count). The molecule has 2 bridgehead atoms. The number of anilines is 2. The number of nitrogens with two attached hydrogens (primary N) is 1. The number of ether oxygens (including phenoxy) is 1. The number of nitrogen functional groups attached to an aromatic ring is 1. The Balaban J connectivity index is 1.26. The van der Waals surface area contributed by atoms with E-state index in [1.165, 1.54) is 24.1 Å². The summed E-state index contributed by atoms with van der Waals surface area (Å²) in [4.78, 5) is 17.8. The third kappa shape index (κ3) is 3.11. The van der Waals surface area contributed by atoms with E-state index in [9.17, 15) is 10.2 Å². The Morgan fingerprint density at radius 1 is 1.16 bits per heavy atom. The smallest absolute Gasteiger partial charge is 0.227 e. The van der Waals surface area contributed by atoms with Gasteiger partial charge in [-0.1, -0.05) is 6.42 Å². The third-order valence-corrected chi connectivity index (χ3v) is 6.99. The topological polar surface area (TPSA) is 186 Å². The number of fused-ring (bicyclic) bond motifs is 3. The molecule has 3 unspecified atom stereocenters. The largest absolute Gasteiger partial charge is 0.387 e. The van der Waals surface area contributed by atoms with E-state index >= 15 is 0 Å². The zero-order chi connectivity index (χ0) is 22.0. The minimum Gasteiger partial charge on any atom is -0.387 e. The van der Waals surface area contributed by atoms with Gasteiger partial charge in [0.05, 0.1) is 6.54 Å². The van der Waals surface area contributed by atoms with Gasteiger partial charge >= 0.3 is 0 Å². The SMILES string of the molecule is CCn1nnc([C@H]2O[C@H](c3nc4nc(NC5CC6CCC5C6)nc(N)c4[nH]3)[C@H](O)[C@@H]2O)n1. The van der Waals surface area contributed by atoms with Crippen LogP contribution in [0.3, 0.4) is 0 Å². The number of rotatable bonds is 5. The number of hydrogen-bond donors (Lipinski definition) is 5. The van der Waals surface area contributed by atoms with Gasteiger partial charge < -0.3 is 31.0 Å². The number of imidazole rings is 1. The van der Waals surface area contributed by atoms with Gasteiger partial charge in [-0.15, -0.1) is 10.2 Å². The van der Waals surface area contributed by atoms with E-state index in [-0.39, 0.29) is 11.6 Å². The number of nitrogens with one attached hydrogen (secondary N) is 2. The van der Waals surface area contributed by atoms with Gasteiger partial charge in [-0.25, -0.2) is 4.98 Å². The summed E-state index contributed by atoms with van der Waals surface area (Å²) >= 11 is 0. The summed E-state index contributed by atoms with van der Waals surface area (Å²) in [5, 5.41) is 36.5. The summed E-state index contributed by atoms with van der Waals surface area (Å²) in [6.45, 7) is 2.40. The lowest BCUT2D eigenvalue weighted by molar-refractivity contribution is -0.00236. The zero-order valence-electron chi connectivity index (χ0n) is 17.6. The van der Waals surface area contributed by atoms with Crippen LogP contribution in [0.4, 0.5) is 11.8 Å². The lowest BCUT2D eigenvalue weighted by atomic mass is 9.95. The van der Waals surface area contributed by atoms with E-state index < -0.39 is 24.4 Å². The van der Waals surface area contributed by atoms with E-state index in [1.54, 1.807) is 0 Å². The Labute approximate surface area is 182 Å². The maximum Gasteiger partial charge on any atom is 0.227 e. The van der Waals surface area contributed by atoms with E-state index in [1.807, 2.05) is 6.92 Å². The number of nitrogens with zero attached hydrogens (tertiary/aromatic N) is 7. The fraction of sp³-hybridized carbons (Fsp3) is 0.684. The van der Waals surface area contributed by atoms with Gasteiger partial charge in [0, 0.05) is 6.04 Å². The Hall–Kier alpha value is -2.90. The number of H-pyrrole nitrogens is 1. The van der Waals surface area contributed by atoms with Crippen molar-refractivity contribution in [3.8, 4) is 0 Å². The molecule has 170 valence electrons. The van der Waals surface area contributed by atoms with E-state index in [0.717, 1.165) is 12.3 Å². The molecule has 7 atom stereocenters. The van der Waals surface area contributed by atoms with Crippen LogP contribution in [0.25, 0.3) is 11.2 Å². The number of aryl methyl sites for hydroxylation is 1. The molecule has 32 heavy (non-hydrogen) atoms. The standard InChI is InChI=1S/C19H26N10O3/c1-2-29-27-18(26-28-29)14-12(31)11(30)13(32-14)17-22-10-15(20)23-19(25-16(10)24-17)21-9-6-7-3-4-8(9)5-7/h7-9,11-14,30-31H,2-6H2,1H3,(H4,20,21,22,23,24,25)/t7?,8?,9?,11-,12+,13+,14+/m1/s1. The van der Waals surface area contributed by atoms with Gasteiger partial charge in [0.25, 0.3) is 0 Å². The molecule has 0 aromatic carbocycles. The summed E-state index contributed by atoms with van der Waals surface area (Å²) < 4.78 is 5.88. The average molecular weight is 442 g/mol. The zero-order valence-corrected chi connectivity index (χ0v) is 17.6. The maximum absolute atomic E-state index is 10.6. The summed E-state index contributed by atoms with van der Waals surface area (Å²) in [7, 11) is 0. The van der Waals surface area contributed by atoms with Crippen LogP contribution in [0.15, 0.2) is 0 Å². The summed E-state index contributed by atoms with van der Waals surface area (Å²) in [5.74, 6) is 2.68. The van der Waals surface area contributed by atoms with Gasteiger partial charge in [-0.2, -0.15) is 14.8 Å². The molecule has 13 heteroatoms. The number of aromatic nitrogens is 8. The van der Waals surface area contributed by atoms with Crippen molar-refractivity contribution in [2.75, 3.05) is 11.1 Å². The van der Waals surface area contributed by atoms with E-state index in [4.69, 9.17) is 10.5 Å². The van der Waals surface area contributed by atoms with Crippen molar-refractivity contribution in [2.45, 2.75) is 69.6 Å². The summed E-state index contributed by atoms with van der Waals surface area (Å²) in [6.07, 6.45) is 0.624. The van der Waals surface area contributed by atoms with Gasteiger partial charge in [0.1, 0.15) is 29.7 Å². The van der Waals surface area contributed by atoms with Crippen LogP contribution >= 0.6 is 0 Å². The summed E-state index contributed by atoms with van der Waals surface area (Å²) in [6, 6.07) is 0.365. The molecule has 1 aliphatic heterocycles. The van der Waals surface area contributed by atoms with Crippen LogP contribution in [0, 0.1) is 11.8 Å². The number of hydrogen-bond acceptors (Lipinski definition) is 11. The Morgan fingerprint density at radius 2 is 2.00 bits per heavy atom. The Morgan fingerprint density at radius 3 is 2.72 bits per heavy atom. The minimum atomic E-state index is -1.24.